The average molecular weight is 241 g/mol. The highest BCUT2D eigenvalue weighted by Crippen LogP contribution is 2.02. The molecule has 0 aliphatic carbocycles. The van der Waals surface area contributed by atoms with Gasteiger partial charge in [0.05, 0.1) is 13.2 Å². The third-order valence-corrected chi connectivity index (χ3v) is 2.14. The first-order valence-electron chi connectivity index (χ1n) is 5.03. The van der Waals surface area contributed by atoms with Gasteiger partial charge in [0.2, 0.25) is 0 Å². The summed E-state index contributed by atoms with van der Waals surface area (Å²) < 4.78 is 4.79. The van der Waals surface area contributed by atoms with Crippen molar-refractivity contribution in [1.82, 2.24) is 15.3 Å². The van der Waals surface area contributed by atoms with Gasteiger partial charge in [0.25, 0.3) is 0 Å². The first kappa shape index (κ1) is 13.3. The summed E-state index contributed by atoms with van der Waals surface area (Å²) in [5.74, 6) is -1.10. The first-order chi connectivity index (χ1) is 8.04. The number of aliphatic hydroxyl groups is 1. The number of aliphatic hydroxyl groups excluding tert-OH is 1. The van der Waals surface area contributed by atoms with Gasteiger partial charge in [-0.2, -0.15) is 0 Å². The molecule has 1 aromatic heterocycles. The minimum absolute atomic E-state index is 0.249. The van der Waals surface area contributed by atoms with Crippen molar-refractivity contribution >= 4 is 5.97 Å². The van der Waals surface area contributed by atoms with Gasteiger partial charge in [-0.15, -0.1) is 0 Å². The SMILES string of the molecule is COc1ncc(CN[C@H](C(=O)O)[C@@H](C)O)cn1. The number of carbonyl (C=O) groups is 1. The lowest BCUT2D eigenvalue weighted by atomic mass is 10.2. The second-order valence-corrected chi connectivity index (χ2v) is 3.52. The average Bonchev–Trinajstić information content (AvgIpc) is 2.29. The van der Waals surface area contributed by atoms with Gasteiger partial charge in [-0.05, 0) is 6.92 Å². The molecule has 0 saturated carbocycles. The third kappa shape index (κ3) is 3.97. The molecular weight excluding hydrogens is 226 g/mol. The Morgan fingerprint density at radius 2 is 2.12 bits per heavy atom. The van der Waals surface area contributed by atoms with Crippen LogP contribution in [0.3, 0.4) is 0 Å². The Bertz CT molecular complexity index is 366. The minimum Gasteiger partial charge on any atom is -0.480 e. The van der Waals surface area contributed by atoms with E-state index < -0.39 is 18.1 Å². The van der Waals surface area contributed by atoms with Crippen LogP contribution in [0.1, 0.15) is 12.5 Å². The lowest BCUT2D eigenvalue weighted by molar-refractivity contribution is -0.142. The number of hydrogen-bond acceptors (Lipinski definition) is 6. The van der Waals surface area contributed by atoms with E-state index in [-0.39, 0.29) is 12.6 Å². The summed E-state index contributed by atoms with van der Waals surface area (Å²) in [6, 6.07) is -0.767. The van der Waals surface area contributed by atoms with Crippen molar-refractivity contribution in [1.29, 1.82) is 0 Å². The Morgan fingerprint density at radius 1 is 1.53 bits per heavy atom. The summed E-state index contributed by atoms with van der Waals surface area (Å²) in [6.45, 7) is 1.67. The fourth-order valence-electron chi connectivity index (χ4n) is 1.23. The number of rotatable bonds is 6. The summed E-state index contributed by atoms with van der Waals surface area (Å²) in [6.07, 6.45) is 2.08. The van der Waals surface area contributed by atoms with E-state index in [1.807, 2.05) is 0 Å². The Hall–Kier alpha value is -1.73. The number of aromatic nitrogens is 2. The minimum atomic E-state index is -1.10. The Morgan fingerprint density at radius 3 is 2.53 bits per heavy atom. The van der Waals surface area contributed by atoms with E-state index in [1.165, 1.54) is 26.4 Å². The lowest BCUT2D eigenvalue weighted by Gasteiger charge is -2.16. The normalized spacial score (nSPS) is 14.1. The molecule has 0 fully saturated rings. The van der Waals surface area contributed by atoms with Crippen LogP contribution in [0.2, 0.25) is 0 Å². The molecule has 94 valence electrons. The number of aliphatic carboxylic acids is 1. The number of carboxylic acid groups (broad SMARTS) is 1. The van der Waals surface area contributed by atoms with Gasteiger partial charge >= 0.3 is 12.0 Å². The fraction of sp³-hybridized carbons (Fsp3) is 0.500. The Kier molecular flexibility index (Phi) is 4.80. The van der Waals surface area contributed by atoms with Crippen LogP contribution < -0.4 is 10.1 Å². The molecule has 17 heavy (non-hydrogen) atoms. The van der Waals surface area contributed by atoms with Crippen LogP contribution in [-0.4, -0.2) is 45.4 Å². The third-order valence-electron chi connectivity index (χ3n) is 2.14. The van der Waals surface area contributed by atoms with Gasteiger partial charge in [0.15, 0.2) is 0 Å². The predicted octanol–water partition coefficient (Wildman–Crippen LogP) is -0.591. The van der Waals surface area contributed by atoms with Crippen molar-refractivity contribution < 1.29 is 19.7 Å². The van der Waals surface area contributed by atoms with Crippen molar-refractivity contribution in [3.8, 4) is 6.01 Å². The molecule has 0 unspecified atom stereocenters. The van der Waals surface area contributed by atoms with E-state index in [1.54, 1.807) is 0 Å². The zero-order valence-electron chi connectivity index (χ0n) is 9.62. The van der Waals surface area contributed by atoms with E-state index in [2.05, 4.69) is 15.3 Å². The molecule has 1 aromatic rings. The van der Waals surface area contributed by atoms with Crippen LogP contribution in [0.25, 0.3) is 0 Å². The van der Waals surface area contributed by atoms with Gasteiger partial charge in [0.1, 0.15) is 6.04 Å². The molecule has 0 radical (unpaired) electrons. The summed E-state index contributed by atoms with van der Waals surface area (Å²) in [5.41, 5.74) is 0.706. The predicted molar refractivity (Wildman–Crippen MR) is 58.5 cm³/mol. The zero-order valence-corrected chi connectivity index (χ0v) is 9.62. The molecule has 3 N–H and O–H groups in total. The van der Waals surface area contributed by atoms with E-state index in [0.29, 0.717) is 5.56 Å². The molecule has 0 spiro atoms. The Labute approximate surface area is 98.5 Å². The van der Waals surface area contributed by atoms with E-state index in [0.717, 1.165) is 0 Å². The number of carboxylic acids is 1. The first-order valence-corrected chi connectivity index (χ1v) is 5.03. The Balaban J connectivity index is 2.56. The van der Waals surface area contributed by atoms with Gasteiger partial charge in [-0.1, -0.05) is 0 Å². The maximum absolute atomic E-state index is 10.8. The molecule has 1 rings (SSSR count). The smallest absolute Gasteiger partial charge is 0.323 e. The van der Waals surface area contributed by atoms with Crippen LogP contribution in [-0.2, 0) is 11.3 Å². The highest BCUT2D eigenvalue weighted by molar-refractivity contribution is 5.74. The summed E-state index contributed by atoms with van der Waals surface area (Å²) in [5, 5.41) is 20.8. The van der Waals surface area contributed by atoms with E-state index in [9.17, 15) is 9.90 Å². The lowest BCUT2D eigenvalue weighted by Crippen LogP contribution is -2.44. The molecule has 1 heterocycles. The molecular formula is C10H15N3O4. The molecule has 0 aromatic carbocycles. The molecule has 7 nitrogen and oxygen atoms in total. The van der Waals surface area contributed by atoms with Crippen LogP contribution in [0.15, 0.2) is 12.4 Å². The number of hydrogen-bond donors (Lipinski definition) is 3. The van der Waals surface area contributed by atoms with Crippen LogP contribution in [0.5, 0.6) is 6.01 Å². The van der Waals surface area contributed by atoms with Crippen molar-refractivity contribution in [2.45, 2.75) is 25.6 Å². The monoisotopic (exact) mass is 241 g/mol. The van der Waals surface area contributed by atoms with Crippen LogP contribution in [0, 0.1) is 0 Å². The number of methoxy groups -OCH3 is 1. The molecule has 0 saturated heterocycles. The van der Waals surface area contributed by atoms with Crippen LogP contribution in [0.4, 0.5) is 0 Å². The standard InChI is InChI=1S/C10H15N3O4/c1-6(14)8(9(15)16)11-3-7-4-12-10(17-2)13-5-7/h4-6,8,11,14H,3H2,1-2H3,(H,15,16)/t6-,8+/m1/s1. The van der Waals surface area contributed by atoms with Crippen molar-refractivity contribution in [2.75, 3.05) is 7.11 Å². The van der Waals surface area contributed by atoms with E-state index in [4.69, 9.17) is 9.84 Å². The molecule has 7 heteroatoms. The number of ether oxygens (including phenoxy) is 1. The second-order valence-electron chi connectivity index (χ2n) is 3.52. The summed E-state index contributed by atoms with van der Waals surface area (Å²) in [4.78, 5) is 18.6. The number of nitrogens with one attached hydrogen (secondary N) is 1. The maximum atomic E-state index is 10.8. The quantitative estimate of drug-likeness (QED) is 0.611. The van der Waals surface area contributed by atoms with Crippen molar-refractivity contribution in [2.24, 2.45) is 0 Å². The van der Waals surface area contributed by atoms with Gasteiger partial charge < -0.3 is 14.9 Å². The van der Waals surface area contributed by atoms with E-state index >= 15 is 0 Å². The summed E-state index contributed by atoms with van der Waals surface area (Å²) >= 11 is 0. The zero-order chi connectivity index (χ0) is 12.8. The maximum Gasteiger partial charge on any atom is 0.323 e. The highest BCUT2D eigenvalue weighted by atomic mass is 16.5. The van der Waals surface area contributed by atoms with Crippen molar-refractivity contribution in [3.05, 3.63) is 18.0 Å². The largest absolute Gasteiger partial charge is 0.480 e. The van der Waals surface area contributed by atoms with Crippen LogP contribution >= 0.6 is 0 Å². The molecule has 0 bridgehead atoms. The highest BCUT2D eigenvalue weighted by Gasteiger charge is 2.21. The van der Waals surface area contributed by atoms with Gasteiger partial charge in [0, 0.05) is 24.5 Å². The van der Waals surface area contributed by atoms with Gasteiger partial charge in [-0.3, -0.25) is 10.1 Å². The fourth-order valence-corrected chi connectivity index (χ4v) is 1.23. The van der Waals surface area contributed by atoms with Crippen molar-refractivity contribution in [3.63, 3.8) is 0 Å². The topological polar surface area (TPSA) is 105 Å². The van der Waals surface area contributed by atoms with Gasteiger partial charge in [-0.25, -0.2) is 9.97 Å². The molecule has 2 atom stereocenters. The molecule has 0 aliphatic heterocycles. The summed E-state index contributed by atoms with van der Waals surface area (Å²) in [7, 11) is 1.46. The number of nitrogens with zero attached hydrogens (tertiary/aromatic N) is 2. The molecule has 0 amide bonds. The second kappa shape index (κ2) is 6.12. The molecule has 0 aliphatic rings.